The topological polar surface area (TPSA) is 46.5 Å². The first kappa shape index (κ1) is 10.9. The first-order valence-corrected chi connectivity index (χ1v) is 6.11. The van der Waals surface area contributed by atoms with Crippen LogP contribution >= 0.6 is 0 Å². The molecule has 3 nitrogen and oxygen atoms in total. The minimum Gasteiger partial charge on any atom is -0.396 e. The number of hydrogen-bond donors (Lipinski definition) is 1. The van der Waals surface area contributed by atoms with E-state index in [-0.39, 0.29) is 18.3 Å². The number of aliphatic hydroxyl groups excluding tert-OH is 1. The van der Waals surface area contributed by atoms with Crippen molar-refractivity contribution >= 4 is 5.78 Å². The summed E-state index contributed by atoms with van der Waals surface area (Å²) in [6.45, 7) is 0.573. The van der Waals surface area contributed by atoms with E-state index >= 15 is 0 Å². The van der Waals surface area contributed by atoms with Gasteiger partial charge in [-0.25, -0.2) is 0 Å². The highest BCUT2D eigenvalue weighted by Gasteiger charge is 2.46. The van der Waals surface area contributed by atoms with E-state index in [1.54, 1.807) is 0 Å². The van der Waals surface area contributed by atoms with Crippen LogP contribution in [0.5, 0.6) is 0 Å². The lowest BCUT2D eigenvalue weighted by atomic mass is 9.74. The van der Waals surface area contributed by atoms with Crippen LogP contribution in [0.2, 0.25) is 0 Å². The highest BCUT2D eigenvalue weighted by molar-refractivity contribution is 5.83. The SMILES string of the molecule is O=C1CC2(CCC1CO)OCc1ccccc12. The van der Waals surface area contributed by atoms with E-state index in [1.165, 1.54) is 11.1 Å². The largest absolute Gasteiger partial charge is 0.396 e. The summed E-state index contributed by atoms with van der Waals surface area (Å²) < 4.78 is 5.91. The van der Waals surface area contributed by atoms with Gasteiger partial charge in [0, 0.05) is 12.3 Å². The Labute approximate surface area is 100 Å². The van der Waals surface area contributed by atoms with Gasteiger partial charge in [-0.1, -0.05) is 24.3 Å². The summed E-state index contributed by atoms with van der Waals surface area (Å²) in [7, 11) is 0. The molecule has 0 bridgehead atoms. The molecular formula is C14H16O3. The molecule has 1 aromatic carbocycles. The quantitative estimate of drug-likeness (QED) is 0.802. The number of benzene rings is 1. The number of Topliss-reactive ketones (excluding diaryl/α,β-unsaturated/α-hetero) is 1. The molecule has 1 aliphatic carbocycles. The second kappa shape index (κ2) is 3.93. The lowest BCUT2D eigenvalue weighted by Crippen LogP contribution is -2.38. The van der Waals surface area contributed by atoms with Crippen LogP contribution in [0.25, 0.3) is 0 Å². The summed E-state index contributed by atoms with van der Waals surface area (Å²) in [6.07, 6.45) is 1.97. The molecule has 1 fully saturated rings. The van der Waals surface area contributed by atoms with Gasteiger partial charge in [-0.3, -0.25) is 4.79 Å². The fourth-order valence-corrected chi connectivity index (χ4v) is 3.01. The minimum atomic E-state index is -0.403. The highest BCUT2D eigenvalue weighted by Crippen LogP contribution is 2.46. The van der Waals surface area contributed by atoms with E-state index in [4.69, 9.17) is 9.84 Å². The van der Waals surface area contributed by atoms with Gasteiger partial charge in [0.25, 0.3) is 0 Å². The van der Waals surface area contributed by atoms with Crippen molar-refractivity contribution in [1.29, 1.82) is 0 Å². The predicted molar refractivity (Wildman–Crippen MR) is 62.3 cm³/mol. The molecule has 1 heterocycles. The minimum absolute atomic E-state index is 0.0312. The zero-order valence-corrected chi connectivity index (χ0v) is 9.69. The Balaban J connectivity index is 1.93. The number of fused-ring (bicyclic) bond motifs is 2. The van der Waals surface area contributed by atoms with Crippen molar-refractivity contribution in [3.8, 4) is 0 Å². The lowest BCUT2D eigenvalue weighted by Gasteiger charge is -2.35. The predicted octanol–water partition coefficient (Wildman–Crippen LogP) is 1.77. The van der Waals surface area contributed by atoms with E-state index in [1.807, 2.05) is 12.1 Å². The Morgan fingerprint density at radius 3 is 3.00 bits per heavy atom. The first-order valence-electron chi connectivity index (χ1n) is 6.11. The van der Waals surface area contributed by atoms with Crippen LogP contribution in [0, 0.1) is 5.92 Å². The molecular weight excluding hydrogens is 216 g/mol. The van der Waals surface area contributed by atoms with E-state index in [2.05, 4.69) is 12.1 Å². The van der Waals surface area contributed by atoms with E-state index < -0.39 is 5.60 Å². The third kappa shape index (κ3) is 1.61. The van der Waals surface area contributed by atoms with Gasteiger partial charge in [-0.05, 0) is 24.0 Å². The maximum Gasteiger partial charge on any atom is 0.141 e. The molecule has 0 aromatic heterocycles. The maximum atomic E-state index is 12.0. The van der Waals surface area contributed by atoms with Crippen LogP contribution in [0.4, 0.5) is 0 Å². The molecule has 2 aliphatic rings. The first-order chi connectivity index (χ1) is 8.25. The summed E-state index contributed by atoms with van der Waals surface area (Å²) in [5.74, 6) is -0.0487. The van der Waals surface area contributed by atoms with Crippen LogP contribution in [0.15, 0.2) is 24.3 Å². The van der Waals surface area contributed by atoms with Crippen molar-refractivity contribution in [1.82, 2.24) is 0 Å². The number of ketones is 1. The van der Waals surface area contributed by atoms with Crippen LogP contribution in [0.3, 0.4) is 0 Å². The highest BCUT2D eigenvalue weighted by atomic mass is 16.5. The zero-order chi connectivity index (χ0) is 11.9. The average molecular weight is 232 g/mol. The second-order valence-electron chi connectivity index (χ2n) is 5.00. The Bertz CT molecular complexity index is 455. The Morgan fingerprint density at radius 1 is 1.41 bits per heavy atom. The van der Waals surface area contributed by atoms with Crippen molar-refractivity contribution in [2.45, 2.75) is 31.5 Å². The van der Waals surface area contributed by atoms with Gasteiger partial charge in [-0.15, -0.1) is 0 Å². The monoisotopic (exact) mass is 232 g/mol. The molecule has 1 N–H and O–H groups in total. The van der Waals surface area contributed by atoms with Gasteiger partial charge >= 0.3 is 0 Å². The second-order valence-corrected chi connectivity index (χ2v) is 5.00. The fourth-order valence-electron chi connectivity index (χ4n) is 3.01. The molecule has 90 valence electrons. The smallest absolute Gasteiger partial charge is 0.141 e. The molecule has 2 atom stereocenters. The summed E-state index contributed by atoms with van der Waals surface area (Å²) in [5, 5.41) is 9.13. The van der Waals surface area contributed by atoms with Crippen LogP contribution in [-0.4, -0.2) is 17.5 Å². The molecule has 3 heteroatoms. The standard InChI is InChI=1S/C14H16O3/c15-8-10-5-6-14(7-13(10)16)12-4-2-1-3-11(12)9-17-14/h1-4,10,15H,5-9H2. The average Bonchev–Trinajstić information content (AvgIpc) is 2.70. The van der Waals surface area contributed by atoms with Crippen LogP contribution in [-0.2, 0) is 21.7 Å². The maximum absolute atomic E-state index is 12.0. The van der Waals surface area contributed by atoms with Crippen LogP contribution in [0.1, 0.15) is 30.4 Å². The van der Waals surface area contributed by atoms with Gasteiger partial charge in [0.05, 0.1) is 13.2 Å². The van der Waals surface area contributed by atoms with Crippen molar-refractivity contribution in [2.75, 3.05) is 6.61 Å². The molecule has 0 radical (unpaired) electrons. The molecule has 1 spiro atoms. The summed E-state index contributed by atoms with van der Waals surface area (Å²) in [4.78, 5) is 12.0. The van der Waals surface area contributed by atoms with Crippen LogP contribution < -0.4 is 0 Å². The zero-order valence-electron chi connectivity index (χ0n) is 9.69. The molecule has 1 aliphatic heterocycles. The summed E-state index contributed by atoms with van der Waals surface area (Å²) in [6, 6.07) is 8.13. The lowest BCUT2D eigenvalue weighted by molar-refractivity contribution is -0.140. The van der Waals surface area contributed by atoms with Gasteiger partial charge in [0.15, 0.2) is 0 Å². The number of ether oxygens (including phenoxy) is 1. The Hall–Kier alpha value is -1.19. The number of carbonyl (C=O) groups is 1. The Kier molecular flexibility index (Phi) is 2.53. The molecule has 0 saturated heterocycles. The number of carbonyl (C=O) groups excluding carboxylic acids is 1. The van der Waals surface area contributed by atoms with E-state index in [0.29, 0.717) is 13.0 Å². The van der Waals surface area contributed by atoms with Crippen molar-refractivity contribution < 1.29 is 14.6 Å². The molecule has 3 rings (SSSR count). The third-order valence-electron chi connectivity index (χ3n) is 4.04. The van der Waals surface area contributed by atoms with Crippen molar-refractivity contribution in [3.05, 3.63) is 35.4 Å². The summed E-state index contributed by atoms with van der Waals surface area (Å²) in [5.41, 5.74) is 1.96. The molecule has 0 amide bonds. The fraction of sp³-hybridized carbons (Fsp3) is 0.500. The van der Waals surface area contributed by atoms with Gasteiger partial charge in [-0.2, -0.15) is 0 Å². The van der Waals surface area contributed by atoms with Gasteiger partial charge < -0.3 is 9.84 Å². The molecule has 1 aromatic rings. The molecule has 17 heavy (non-hydrogen) atoms. The Morgan fingerprint density at radius 2 is 2.24 bits per heavy atom. The third-order valence-corrected chi connectivity index (χ3v) is 4.04. The van der Waals surface area contributed by atoms with E-state index in [9.17, 15) is 4.79 Å². The summed E-state index contributed by atoms with van der Waals surface area (Å²) >= 11 is 0. The van der Waals surface area contributed by atoms with E-state index in [0.717, 1.165) is 12.8 Å². The normalized spacial score (nSPS) is 31.8. The molecule has 1 saturated carbocycles. The van der Waals surface area contributed by atoms with Gasteiger partial charge in [0.1, 0.15) is 11.4 Å². The molecule has 2 unspecified atom stereocenters. The number of aliphatic hydroxyl groups is 1. The number of hydrogen-bond acceptors (Lipinski definition) is 3. The number of rotatable bonds is 1. The van der Waals surface area contributed by atoms with Crippen molar-refractivity contribution in [3.63, 3.8) is 0 Å². The van der Waals surface area contributed by atoms with Gasteiger partial charge in [0.2, 0.25) is 0 Å². The van der Waals surface area contributed by atoms with Crippen molar-refractivity contribution in [2.24, 2.45) is 5.92 Å².